The minimum absolute atomic E-state index is 0.0736. The summed E-state index contributed by atoms with van der Waals surface area (Å²) in [6, 6.07) is 22.6. The van der Waals surface area contributed by atoms with Gasteiger partial charge in [0.15, 0.2) is 0 Å². The van der Waals surface area contributed by atoms with Gasteiger partial charge in [-0.15, -0.1) is 0 Å². The Morgan fingerprint density at radius 1 is 0.881 bits per heavy atom. The fourth-order valence-corrected chi connectivity index (χ4v) is 5.24. The lowest BCUT2D eigenvalue weighted by molar-refractivity contribution is -0.140. The summed E-state index contributed by atoms with van der Waals surface area (Å²) in [5.74, 6) is 0.395. The van der Waals surface area contributed by atoms with E-state index in [2.05, 4.69) is 5.32 Å². The third-order valence-electron chi connectivity index (χ3n) is 6.93. The number of hydrogen-bond donors (Lipinski definition) is 1. The van der Waals surface area contributed by atoms with Crippen molar-refractivity contribution in [1.29, 1.82) is 0 Å². The second-order valence-electron chi connectivity index (χ2n) is 10.2. The topological polar surface area (TPSA) is 105 Å². The second-order valence-corrected chi connectivity index (χ2v) is 12.1. The number of rotatable bonds is 15. The van der Waals surface area contributed by atoms with Crippen LogP contribution in [0.25, 0.3) is 0 Å². The van der Waals surface area contributed by atoms with Gasteiger partial charge in [0.05, 0.1) is 19.1 Å². The summed E-state index contributed by atoms with van der Waals surface area (Å²) in [4.78, 5) is 28.6. The number of nitrogens with zero attached hydrogens (tertiary/aromatic N) is 2. The molecule has 0 saturated heterocycles. The predicted octanol–water partition coefficient (Wildman–Crippen LogP) is 4.76. The Morgan fingerprint density at radius 3 is 2.14 bits per heavy atom. The Labute approximate surface area is 249 Å². The molecule has 0 aromatic heterocycles. The van der Waals surface area contributed by atoms with Gasteiger partial charge in [0.25, 0.3) is 0 Å². The van der Waals surface area contributed by atoms with Crippen LogP contribution in [-0.4, -0.2) is 57.1 Å². The lowest BCUT2D eigenvalue weighted by Crippen LogP contribution is -2.53. The van der Waals surface area contributed by atoms with Crippen LogP contribution in [0.15, 0.2) is 78.9 Å². The molecule has 226 valence electrons. The van der Waals surface area contributed by atoms with Crippen LogP contribution in [0.3, 0.4) is 0 Å². The first kappa shape index (κ1) is 32.5. The fourth-order valence-electron chi connectivity index (χ4n) is 4.39. The summed E-state index contributed by atoms with van der Waals surface area (Å²) in [7, 11) is -2.30. The summed E-state index contributed by atoms with van der Waals surface area (Å²) in [5.41, 5.74) is 2.07. The van der Waals surface area contributed by atoms with Gasteiger partial charge in [0, 0.05) is 12.6 Å². The van der Waals surface area contributed by atoms with Crippen molar-refractivity contribution in [2.75, 3.05) is 24.2 Å². The highest BCUT2D eigenvalue weighted by molar-refractivity contribution is 7.92. The molecule has 0 unspecified atom stereocenters. The van der Waals surface area contributed by atoms with Gasteiger partial charge in [-0.3, -0.25) is 13.9 Å². The van der Waals surface area contributed by atoms with E-state index in [-0.39, 0.29) is 18.5 Å². The van der Waals surface area contributed by atoms with Crippen molar-refractivity contribution in [2.24, 2.45) is 0 Å². The standard InChI is InChI=1S/C32H41N3O6S/c1-6-24(3)33-32(37)30(7-2)34(21-26-14-11-15-29(20-26)40-4)31(36)22-35(42(5,38)39)27-16-18-28(19-17-27)41-23-25-12-9-8-10-13-25/h8-20,24,30H,6-7,21-23H2,1-5H3,(H,33,37)/t24-,30-/m0/s1. The fraction of sp³-hybridized carbons (Fsp3) is 0.375. The smallest absolute Gasteiger partial charge is 0.244 e. The molecule has 0 bridgehead atoms. The molecular weight excluding hydrogens is 554 g/mol. The first-order valence-electron chi connectivity index (χ1n) is 14.0. The summed E-state index contributed by atoms with van der Waals surface area (Å²) in [5, 5.41) is 2.97. The summed E-state index contributed by atoms with van der Waals surface area (Å²) in [6.45, 7) is 5.69. The number of hydrogen-bond acceptors (Lipinski definition) is 6. The van der Waals surface area contributed by atoms with E-state index in [0.717, 1.165) is 28.1 Å². The van der Waals surface area contributed by atoms with E-state index in [4.69, 9.17) is 9.47 Å². The van der Waals surface area contributed by atoms with Crippen molar-refractivity contribution in [1.82, 2.24) is 10.2 Å². The molecule has 0 aliphatic rings. The molecule has 3 aromatic carbocycles. The third kappa shape index (κ3) is 9.24. The van der Waals surface area contributed by atoms with Gasteiger partial charge in [0.1, 0.15) is 30.7 Å². The van der Waals surface area contributed by atoms with Crippen LogP contribution in [0.1, 0.15) is 44.7 Å². The van der Waals surface area contributed by atoms with Crippen LogP contribution in [0, 0.1) is 0 Å². The molecule has 0 spiro atoms. The van der Waals surface area contributed by atoms with E-state index in [0.29, 0.717) is 30.2 Å². The maximum Gasteiger partial charge on any atom is 0.244 e. The molecule has 1 N–H and O–H groups in total. The Morgan fingerprint density at radius 2 is 1.55 bits per heavy atom. The van der Waals surface area contributed by atoms with Crippen LogP contribution in [0.2, 0.25) is 0 Å². The lowest BCUT2D eigenvalue weighted by atomic mass is 10.1. The number of nitrogens with one attached hydrogen (secondary N) is 1. The number of sulfonamides is 1. The molecule has 0 saturated carbocycles. The van der Waals surface area contributed by atoms with Crippen molar-refractivity contribution in [3.8, 4) is 11.5 Å². The van der Waals surface area contributed by atoms with Crippen molar-refractivity contribution < 1.29 is 27.5 Å². The van der Waals surface area contributed by atoms with Crippen LogP contribution >= 0.6 is 0 Å². The van der Waals surface area contributed by atoms with Crippen molar-refractivity contribution >= 4 is 27.5 Å². The Balaban J connectivity index is 1.87. The lowest BCUT2D eigenvalue weighted by Gasteiger charge is -2.33. The van der Waals surface area contributed by atoms with Crippen LogP contribution < -0.4 is 19.1 Å². The first-order chi connectivity index (χ1) is 20.0. The highest BCUT2D eigenvalue weighted by Crippen LogP contribution is 2.24. The van der Waals surface area contributed by atoms with Crippen LogP contribution in [0.5, 0.6) is 11.5 Å². The molecule has 0 fully saturated rings. The summed E-state index contributed by atoms with van der Waals surface area (Å²) < 4.78 is 38.0. The highest BCUT2D eigenvalue weighted by atomic mass is 32.2. The van der Waals surface area contributed by atoms with Crippen LogP contribution in [0.4, 0.5) is 5.69 Å². The van der Waals surface area contributed by atoms with Crippen LogP contribution in [-0.2, 0) is 32.8 Å². The minimum atomic E-state index is -3.85. The number of methoxy groups -OCH3 is 1. The molecule has 0 aliphatic heterocycles. The molecule has 3 aromatic rings. The number of carbonyl (C=O) groups excluding carboxylic acids is 2. The zero-order chi connectivity index (χ0) is 30.7. The van der Waals surface area contributed by atoms with Gasteiger partial charge < -0.3 is 19.7 Å². The van der Waals surface area contributed by atoms with Gasteiger partial charge in [0.2, 0.25) is 21.8 Å². The van der Waals surface area contributed by atoms with Gasteiger partial charge in [-0.2, -0.15) is 0 Å². The molecule has 42 heavy (non-hydrogen) atoms. The molecule has 10 heteroatoms. The Bertz CT molecular complexity index is 1410. The summed E-state index contributed by atoms with van der Waals surface area (Å²) in [6.07, 6.45) is 2.14. The zero-order valence-electron chi connectivity index (χ0n) is 24.9. The Kier molecular flexibility index (Phi) is 11.8. The summed E-state index contributed by atoms with van der Waals surface area (Å²) >= 11 is 0. The van der Waals surface area contributed by atoms with E-state index in [1.165, 1.54) is 4.90 Å². The molecule has 0 radical (unpaired) electrons. The van der Waals surface area contributed by atoms with E-state index in [9.17, 15) is 18.0 Å². The van der Waals surface area contributed by atoms with Gasteiger partial charge in [-0.1, -0.05) is 56.3 Å². The maximum absolute atomic E-state index is 13.9. The van der Waals surface area contributed by atoms with Gasteiger partial charge in [-0.25, -0.2) is 8.42 Å². The van der Waals surface area contributed by atoms with Crippen molar-refractivity contribution in [2.45, 2.75) is 58.8 Å². The molecular formula is C32H41N3O6S. The van der Waals surface area contributed by atoms with Crippen molar-refractivity contribution in [3.05, 3.63) is 90.0 Å². The maximum atomic E-state index is 13.9. The van der Waals surface area contributed by atoms with E-state index >= 15 is 0 Å². The minimum Gasteiger partial charge on any atom is -0.497 e. The van der Waals surface area contributed by atoms with E-state index in [1.54, 1.807) is 49.6 Å². The molecule has 0 aliphatic carbocycles. The number of ether oxygens (including phenoxy) is 2. The average Bonchev–Trinajstić information content (AvgIpc) is 2.98. The monoisotopic (exact) mass is 595 g/mol. The average molecular weight is 596 g/mol. The molecule has 2 amide bonds. The van der Waals surface area contributed by atoms with Gasteiger partial charge >= 0.3 is 0 Å². The number of amides is 2. The molecule has 9 nitrogen and oxygen atoms in total. The third-order valence-corrected chi connectivity index (χ3v) is 8.07. The highest BCUT2D eigenvalue weighted by Gasteiger charge is 2.32. The number of benzene rings is 3. The predicted molar refractivity (Wildman–Crippen MR) is 165 cm³/mol. The Hall–Kier alpha value is -4.05. The van der Waals surface area contributed by atoms with Crippen molar-refractivity contribution in [3.63, 3.8) is 0 Å². The normalized spacial score (nSPS) is 12.6. The molecule has 0 heterocycles. The quantitative estimate of drug-likeness (QED) is 0.272. The van der Waals surface area contributed by atoms with Gasteiger partial charge in [-0.05, 0) is 67.3 Å². The van der Waals surface area contributed by atoms with E-state index < -0.39 is 28.5 Å². The van der Waals surface area contributed by atoms with E-state index in [1.807, 2.05) is 57.2 Å². The largest absolute Gasteiger partial charge is 0.497 e. The number of carbonyl (C=O) groups is 2. The SMILES string of the molecule is CC[C@H](C)NC(=O)[C@H](CC)N(Cc1cccc(OC)c1)C(=O)CN(c1ccc(OCc2ccccc2)cc1)S(C)(=O)=O. The first-order valence-corrected chi connectivity index (χ1v) is 15.9. The second kappa shape index (κ2) is 15.3. The number of anilines is 1. The zero-order valence-corrected chi connectivity index (χ0v) is 25.8. The molecule has 2 atom stereocenters. The molecule has 3 rings (SSSR count).